The van der Waals surface area contributed by atoms with E-state index < -0.39 is 0 Å². The van der Waals surface area contributed by atoms with Crippen LogP contribution in [0.5, 0.6) is 0 Å². The first-order valence-corrected chi connectivity index (χ1v) is 21.3. The fourth-order valence-corrected chi connectivity index (χ4v) is 9.57. The van der Waals surface area contributed by atoms with Crippen LogP contribution in [-0.4, -0.2) is 0 Å². The lowest BCUT2D eigenvalue weighted by molar-refractivity contribution is 0.670. The van der Waals surface area contributed by atoms with Gasteiger partial charge in [0.1, 0.15) is 11.2 Å². The van der Waals surface area contributed by atoms with Gasteiger partial charge >= 0.3 is 0 Å². The maximum Gasteiger partial charge on any atom is 0.145 e. The highest BCUT2D eigenvalue weighted by Crippen LogP contribution is 2.50. The normalized spacial score (nSPS) is 11.5. The number of fused-ring (bicyclic) bond motifs is 7. The lowest BCUT2D eigenvalue weighted by atomic mass is 9.91. The molecule has 62 heavy (non-hydrogen) atoms. The van der Waals surface area contributed by atoms with Crippen molar-refractivity contribution >= 4 is 71.3 Å². The molecule has 0 N–H and O–H groups in total. The Morgan fingerprint density at radius 2 is 0.887 bits per heavy atom. The highest BCUT2D eigenvalue weighted by Gasteiger charge is 2.25. The molecule has 0 unspecified atom stereocenters. The quantitative estimate of drug-likeness (QED) is 0.150. The van der Waals surface area contributed by atoms with Gasteiger partial charge in [-0.2, -0.15) is 0 Å². The second kappa shape index (κ2) is 14.8. The van der Waals surface area contributed by atoms with Crippen molar-refractivity contribution in [3.05, 3.63) is 237 Å². The van der Waals surface area contributed by atoms with E-state index in [1.807, 2.05) is 0 Å². The van der Waals surface area contributed by atoms with Crippen LogP contribution in [0, 0.1) is 0 Å². The van der Waals surface area contributed by atoms with Crippen molar-refractivity contribution in [1.82, 2.24) is 0 Å². The van der Waals surface area contributed by atoms with E-state index in [4.69, 9.17) is 4.42 Å². The zero-order chi connectivity index (χ0) is 41.0. The molecule has 0 saturated carbocycles. The van der Waals surface area contributed by atoms with Crippen molar-refractivity contribution in [3.63, 3.8) is 0 Å². The van der Waals surface area contributed by atoms with Crippen molar-refractivity contribution < 1.29 is 4.42 Å². The van der Waals surface area contributed by atoms with Crippen LogP contribution in [0.15, 0.2) is 241 Å². The predicted octanol–water partition coefficient (Wildman–Crippen LogP) is 17.2. The summed E-state index contributed by atoms with van der Waals surface area (Å²) in [4.78, 5) is 2.45. The fraction of sp³-hybridized carbons (Fsp3) is 0. The third-order valence-corrected chi connectivity index (χ3v) is 12.5. The molecule has 0 aliphatic carbocycles. The smallest absolute Gasteiger partial charge is 0.145 e. The molecule has 1 heterocycles. The molecule has 12 aromatic rings. The molecule has 0 saturated heterocycles. The molecule has 0 spiro atoms. The number of anilines is 3. The maximum atomic E-state index is 7.05. The molecule has 0 aliphatic heterocycles. The van der Waals surface area contributed by atoms with Crippen LogP contribution in [0.1, 0.15) is 0 Å². The van der Waals surface area contributed by atoms with E-state index >= 15 is 0 Å². The molecular weight excluding hydrogens is 751 g/mol. The van der Waals surface area contributed by atoms with Gasteiger partial charge in [0.15, 0.2) is 0 Å². The Hall–Kier alpha value is -8.20. The Morgan fingerprint density at radius 3 is 1.74 bits per heavy atom. The van der Waals surface area contributed by atoms with E-state index in [1.54, 1.807) is 0 Å². The minimum atomic E-state index is 0.857. The second-order valence-electron chi connectivity index (χ2n) is 16.0. The summed E-state index contributed by atoms with van der Waals surface area (Å²) in [5.74, 6) is 0. The van der Waals surface area contributed by atoms with E-state index in [1.165, 1.54) is 49.0 Å². The molecule has 0 aliphatic rings. The van der Waals surface area contributed by atoms with E-state index in [9.17, 15) is 0 Å². The lowest BCUT2D eigenvalue weighted by Crippen LogP contribution is -2.12. The standard InChI is InChI=1S/C60H39NO/c1-2-16-40(17-3-1)41-32-34-43(35-33-41)50-25-10-12-30-56(50)61(46-22-14-21-44(38-46)48-29-15-20-42-18-4-6-23-47(42)48)57-37-36-53(60-59(57)54-28-11-13-31-58(54)62-60)55-39-45-19-5-7-24-49(45)51-26-8-9-27-52(51)55/h1-39H. The van der Waals surface area contributed by atoms with Crippen LogP contribution in [0.4, 0.5) is 17.1 Å². The summed E-state index contributed by atoms with van der Waals surface area (Å²) in [6.07, 6.45) is 0. The van der Waals surface area contributed by atoms with Crippen LogP contribution in [0.2, 0.25) is 0 Å². The monoisotopic (exact) mass is 789 g/mol. The molecule has 0 radical (unpaired) electrons. The van der Waals surface area contributed by atoms with Gasteiger partial charge in [0.2, 0.25) is 0 Å². The van der Waals surface area contributed by atoms with Crippen LogP contribution in [0.3, 0.4) is 0 Å². The lowest BCUT2D eigenvalue weighted by Gasteiger charge is -2.29. The zero-order valence-corrected chi connectivity index (χ0v) is 33.9. The van der Waals surface area contributed by atoms with Crippen molar-refractivity contribution in [3.8, 4) is 44.5 Å². The largest absolute Gasteiger partial charge is 0.455 e. The van der Waals surface area contributed by atoms with Crippen molar-refractivity contribution in [2.75, 3.05) is 4.90 Å². The van der Waals surface area contributed by atoms with Crippen molar-refractivity contribution in [1.29, 1.82) is 0 Å². The van der Waals surface area contributed by atoms with Gasteiger partial charge in [-0.1, -0.05) is 194 Å². The summed E-state index contributed by atoms with van der Waals surface area (Å²) in [6, 6.07) is 85.4. The van der Waals surface area contributed by atoms with Crippen molar-refractivity contribution in [2.45, 2.75) is 0 Å². The first-order valence-electron chi connectivity index (χ1n) is 21.3. The van der Waals surface area contributed by atoms with Gasteiger partial charge < -0.3 is 9.32 Å². The van der Waals surface area contributed by atoms with Gasteiger partial charge in [-0.05, 0) is 108 Å². The molecule has 2 heteroatoms. The van der Waals surface area contributed by atoms with Crippen LogP contribution >= 0.6 is 0 Å². The summed E-state index contributed by atoms with van der Waals surface area (Å²) in [7, 11) is 0. The molecule has 1 aromatic heterocycles. The van der Waals surface area contributed by atoms with E-state index in [0.717, 1.165) is 66.8 Å². The molecule has 2 nitrogen and oxygen atoms in total. The summed E-state index contributed by atoms with van der Waals surface area (Å²) in [5.41, 5.74) is 14.1. The van der Waals surface area contributed by atoms with Gasteiger partial charge in [-0.15, -0.1) is 0 Å². The Kier molecular flexibility index (Phi) is 8.53. The third kappa shape index (κ3) is 5.96. The SMILES string of the molecule is c1ccc(-c2ccc(-c3ccccc3N(c3cccc(-c4cccc5ccccc45)c3)c3ccc(-c4cc5ccccc5c5ccccc45)c4oc5ccccc5c34)cc2)cc1. The Balaban J connectivity index is 1.13. The number of benzene rings is 11. The van der Waals surface area contributed by atoms with E-state index in [-0.39, 0.29) is 0 Å². The van der Waals surface area contributed by atoms with Crippen molar-refractivity contribution in [2.24, 2.45) is 0 Å². The summed E-state index contributed by atoms with van der Waals surface area (Å²) in [5, 5.41) is 9.47. The minimum absolute atomic E-state index is 0.857. The molecule has 0 fully saturated rings. The van der Waals surface area contributed by atoms with Crippen LogP contribution < -0.4 is 4.90 Å². The fourth-order valence-electron chi connectivity index (χ4n) is 9.57. The van der Waals surface area contributed by atoms with Gasteiger partial charge in [0.05, 0.1) is 16.8 Å². The van der Waals surface area contributed by atoms with Crippen LogP contribution in [0.25, 0.3) is 98.8 Å². The second-order valence-corrected chi connectivity index (χ2v) is 16.0. The summed E-state index contributed by atoms with van der Waals surface area (Å²) >= 11 is 0. The maximum absolute atomic E-state index is 7.05. The Morgan fingerprint density at radius 1 is 0.290 bits per heavy atom. The number of furan rings is 1. The number of nitrogens with zero attached hydrogens (tertiary/aromatic N) is 1. The van der Waals surface area contributed by atoms with Crippen LogP contribution in [-0.2, 0) is 0 Å². The van der Waals surface area contributed by atoms with Gasteiger partial charge in [-0.3, -0.25) is 0 Å². The topological polar surface area (TPSA) is 16.4 Å². The molecule has 11 aromatic carbocycles. The van der Waals surface area contributed by atoms with E-state index in [0.29, 0.717) is 0 Å². The van der Waals surface area contributed by atoms with Gasteiger partial charge in [-0.25, -0.2) is 0 Å². The Labute approximate surface area is 360 Å². The highest BCUT2D eigenvalue weighted by atomic mass is 16.3. The molecule has 290 valence electrons. The molecule has 0 atom stereocenters. The molecule has 12 rings (SSSR count). The van der Waals surface area contributed by atoms with Gasteiger partial charge in [0, 0.05) is 22.2 Å². The number of hydrogen-bond acceptors (Lipinski definition) is 2. The number of rotatable bonds is 7. The molecule has 0 amide bonds. The number of hydrogen-bond donors (Lipinski definition) is 0. The molecular formula is C60H39NO. The molecule has 0 bridgehead atoms. The summed E-state index contributed by atoms with van der Waals surface area (Å²) in [6.45, 7) is 0. The Bertz CT molecular complexity index is 3630. The predicted molar refractivity (Wildman–Crippen MR) is 263 cm³/mol. The zero-order valence-electron chi connectivity index (χ0n) is 33.9. The number of para-hydroxylation sites is 2. The van der Waals surface area contributed by atoms with E-state index in [2.05, 4.69) is 241 Å². The highest BCUT2D eigenvalue weighted by molar-refractivity contribution is 6.21. The average molecular weight is 790 g/mol. The third-order valence-electron chi connectivity index (χ3n) is 12.5. The summed E-state index contributed by atoms with van der Waals surface area (Å²) < 4.78 is 7.05. The van der Waals surface area contributed by atoms with Gasteiger partial charge in [0.25, 0.3) is 0 Å². The average Bonchev–Trinajstić information content (AvgIpc) is 3.75. The minimum Gasteiger partial charge on any atom is -0.455 e. The first-order chi connectivity index (χ1) is 30.8. The first kappa shape index (κ1) is 35.7.